The van der Waals surface area contributed by atoms with Crippen molar-refractivity contribution in [1.29, 1.82) is 0 Å². The van der Waals surface area contributed by atoms with Crippen molar-refractivity contribution < 1.29 is 59.8 Å². The van der Waals surface area contributed by atoms with Crippen LogP contribution in [-0.2, 0) is 10.0 Å². The molecule has 0 aromatic heterocycles. The first kappa shape index (κ1) is 13.5. The van der Waals surface area contributed by atoms with E-state index in [1.54, 1.807) is 24.3 Å². The van der Waals surface area contributed by atoms with Gasteiger partial charge in [0.2, 0.25) is 0 Å². The second-order valence-corrected chi connectivity index (χ2v) is 3.62. The zero-order valence-electron chi connectivity index (χ0n) is 7.27. The molecular formula is C8H8KNO2S. The molecule has 1 aromatic rings. The third kappa shape index (κ3) is 6.56. The topological polar surface area (TPSA) is 57.9 Å². The number of hydrogen-bond acceptors (Lipinski definition) is 2. The Morgan fingerprint density at radius 3 is 2.15 bits per heavy atom. The van der Waals surface area contributed by atoms with Gasteiger partial charge in [0.15, 0.2) is 0 Å². The van der Waals surface area contributed by atoms with E-state index < -0.39 is 10.0 Å². The normalized spacial score (nSPS) is 11.2. The van der Waals surface area contributed by atoms with Crippen LogP contribution in [0.15, 0.2) is 35.7 Å². The van der Waals surface area contributed by atoms with Crippen LogP contribution in [0.1, 0.15) is 5.56 Å². The smallest absolute Gasteiger partial charge is 0.560 e. The van der Waals surface area contributed by atoms with E-state index in [1.807, 2.05) is 6.07 Å². The molecule has 0 amide bonds. The molecule has 0 aliphatic heterocycles. The van der Waals surface area contributed by atoms with Gasteiger partial charge in [-0.3, -0.25) is 0 Å². The molecule has 64 valence electrons. The summed E-state index contributed by atoms with van der Waals surface area (Å²) in [5.74, 6) is 0. The Morgan fingerprint density at radius 2 is 1.69 bits per heavy atom. The van der Waals surface area contributed by atoms with Crippen LogP contribution in [0.5, 0.6) is 0 Å². The van der Waals surface area contributed by atoms with E-state index in [2.05, 4.69) is 0 Å². The molecular weight excluding hydrogens is 213 g/mol. The molecule has 1 aromatic carbocycles. The summed E-state index contributed by atoms with van der Waals surface area (Å²) in [6.45, 7) is 0. The summed E-state index contributed by atoms with van der Waals surface area (Å²) in [4.78, 5) is 0. The first-order valence-corrected chi connectivity index (χ1v) is 4.85. The zero-order chi connectivity index (χ0) is 9.03. The number of hydrogen-bond donors (Lipinski definition) is 0. The largest absolute Gasteiger partial charge is 1.00 e. The average molecular weight is 221 g/mol. The summed E-state index contributed by atoms with van der Waals surface area (Å²) in [6, 6.07) is 8.97. The Labute approximate surface area is 120 Å². The van der Waals surface area contributed by atoms with Gasteiger partial charge >= 0.3 is 51.4 Å². The third-order valence-electron chi connectivity index (χ3n) is 1.24. The molecule has 1 N–H and O–H groups in total. The molecule has 0 radical (unpaired) electrons. The van der Waals surface area contributed by atoms with E-state index in [9.17, 15) is 8.42 Å². The summed E-state index contributed by atoms with van der Waals surface area (Å²) >= 11 is 0. The Morgan fingerprint density at radius 1 is 1.15 bits per heavy atom. The molecule has 0 fully saturated rings. The first-order chi connectivity index (χ1) is 5.58. The van der Waals surface area contributed by atoms with Gasteiger partial charge in [0.05, 0.1) is 10.0 Å². The van der Waals surface area contributed by atoms with Crippen molar-refractivity contribution in [3.8, 4) is 0 Å². The predicted octanol–water partition coefficient (Wildman–Crippen LogP) is -0.957. The van der Waals surface area contributed by atoms with E-state index in [4.69, 9.17) is 5.14 Å². The maximum atomic E-state index is 10.4. The van der Waals surface area contributed by atoms with Crippen molar-refractivity contribution in [3.05, 3.63) is 46.4 Å². The van der Waals surface area contributed by atoms with Gasteiger partial charge in [-0.1, -0.05) is 30.3 Å². The summed E-state index contributed by atoms with van der Waals surface area (Å²) in [5.41, 5.74) is 0.772. The van der Waals surface area contributed by atoms with Crippen molar-refractivity contribution in [2.24, 2.45) is 0 Å². The molecule has 13 heavy (non-hydrogen) atoms. The van der Waals surface area contributed by atoms with E-state index >= 15 is 0 Å². The fraction of sp³-hybridized carbons (Fsp3) is 0. The summed E-state index contributed by atoms with van der Waals surface area (Å²) < 4.78 is 20.8. The molecule has 0 saturated heterocycles. The van der Waals surface area contributed by atoms with Crippen molar-refractivity contribution >= 4 is 16.1 Å². The summed E-state index contributed by atoms with van der Waals surface area (Å²) in [6.07, 6.45) is 1.39. The first-order valence-electron chi connectivity index (χ1n) is 3.31. The Kier molecular flexibility index (Phi) is 6.31. The van der Waals surface area contributed by atoms with Crippen LogP contribution in [0, 0.1) is 0 Å². The number of benzene rings is 1. The van der Waals surface area contributed by atoms with E-state index in [1.165, 1.54) is 6.08 Å². The van der Waals surface area contributed by atoms with Gasteiger partial charge < -0.3 is 5.14 Å². The van der Waals surface area contributed by atoms with Crippen molar-refractivity contribution in [2.75, 3.05) is 0 Å². The minimum atomic E-state index is -3.75. The second kappa shape index (κ2) is 6.08. The minimum Gasteiger partial charge on any atom is -0.560 e. The van der Waals surface area contributed by atoms with Crippen molar-refractivity contribution in [3.63, 3.8) is 0 Å². The monoisotopic (exact) mass is 221 g/mol. The SMILES string of the molecule is [K+].[NH-]S(=O)(=O)C=Cc1ccccc1. The molecule has 1 rings (SSSR count). The standard InChI is InChI=1S/C8H8NO2S.K/c9-12(10,11)7-6-8-4-2-1-3-5-8;/h1-7H,(H-,9,10,11);/q-1;+1. The predicted molar refractivity (Wildman–Crippen MR) is 48.7 cm³/mol. The fourth-order valence-electron chi connectivity index (χ4n) is 0.732. The second-order valence-electron chi connectivity index (χ2n) is 2.26. The number of sulfonamides is 1. The van der Waals surface area contributed by atoms with Crippen LogP contribution in [0.25, 0.3) is 11.2 Å². The Balaban J connectivity index is 0.00000144. The molecule has 0 spiro atoms. The van der Waals surface area contributed by atoms with Crippen molar-refractivity contribution in [1.82, 2.24) is 0 Å². The fourth-order valence-corrected chi connectivity index (χ4v) is 1.07. The number of rotatable bonds is 2. The molecule has 0 aliphatic rings. The van der Waals surface area contributed by atoms with Crippen LogP contribution < -0.4 is 51.4 Å². The summed E-state index contributed by atoms with van der Waals surface area (Å²) in [5, 5.41) is 7.43. The molecule has 0 saturated carbocycles. The van der Waals surface area contributed by atoms with Gasteiger partial charge in [-0.2, -0.15) is 0 Å². The minimum absolute atomic E-state index is 0. The van der Waals surface area contributed by atoms with Crippen LogP contribution in [0.2, 0.25) is 0 Å². The van der Waals surface area contributed by atoms with Crippen molar-refractivity contribution in [2.45, 2.75) is 0 Å². The van der Waals surface area contributed by atoms with Gasteiger partial charge in [-0.05, 0) is 11.6 Å². The summed E-state index contributed by atoms with van der Waals surface area (Å²) in [7, 11) is -3.75. The molecule has 0 unspecified atom stereocenters. The molecule has 0 bridgehead atoms. The molecule has 0 aliphatic carbocycles. The van der Waals surface area contributed by atoms with Crippen LogP contribution in [-0.4, -0.2) is 8.42 Å². The Hall–Kier alpha value is 0.506. The third-order valence-corrected chi connectivity index (χ3v) is 1.73. The molecule has 0 atom stereocenters. The van der Waals surface area contributed by atoms with E-state index in [0.29, 0.717) is 0 Å². The molecule has 3 nitrogen and oxygen atoms in total. The molecule has 0 heterocycles. The van der Waals surface area contributed by atoms with Gasteiger partial charge in [-0.15, -0.1) is 0 Å². The average Bonchev–Trinajstić information content (AvgIpc) is 2.02. The maximum Gasteiger partial charge on any atom is 1.00 e. The quantitative estimate of drug-likeness (QED) is 0.604. The van der Waals surface area contributed by atoms with Gasteiger partial charge in [0.25, 0.3) is 0 Å². The van der Waals surface area contributed by atoms with E-state index in [-0.39, 0.29) is 51.4 Å². The molecule has 5 heteroatoms. The zero-order valence-corrected chi connectivity index (χ0v) is 11.2. The van der Waals surface area contributed by atoms with Gasteiger partial charge in [-0.25, -0.2) is 8.42 Å². The maximum absolute atomic E-state index is 10.4. The van der Waals surface area contributed by atoms with Gasteiger partial charge in [0.1, 0.15) is 0 Å². The van der Waals surface area contributed by atoms with Crippen LogP contribution >= 0.6 is 0 Å². The van der Waals surface area contributed by atoms with Crippen LogP contribution in [0.3, 0.4) is 0 Å². The number of nitrogens with one attached hydrogen (secondary N) is 1. The van der Waals surface area contributed by atoms with Gasteiger partial charge in [0, 0.05) is 5.41 Å². The Bertz CT molecular complexity index is 372. The van der Waals surface area contributed by atoms with Crippen LogP contribution in [0.4, 0.5) is 0 Å². The van der Waals surface area contributed by atoms with E-state index in [0.717, 1.165) is 11.0 Å².